The third-order valence-electron chi connectivity index (χ3n) is 2.04. The third-order valence-corrected chi connectivity index (χ3v) is 2.29. The largest absolute Gasteiger partial charge is 0.443 e. The zero-order chi connectivity index (χ0) is 15.2. The van der Waals surface area contributed by atoms with Gasteiger partial charge in [-0.15, -0.1) is 0 Å². The molecule has 0 radical (unpaired) electrons. The van der Waals surface area contributed by atoms with Crippen LogP contribution in [0.25, 0.3) is 0 Å². The minimum atomic E-state index is -0.622. The normalized spacial score (nSPS) is 10.6. The van der Waals surface area contributed by atoms with Crippen molar-refractivity contribution in [3.05, 3.63) is 35.6 Å². The second-order valence-electron chi connectivity index (χ2n) is 5.06. The number of carbonyl (C=O) groups is 1. The molecule has 1 aromatic rings. The minimum Gasteiger partial charge on any atom is -0.443 e. The van der Waals surface area contributed by atoms with Crippen LogP contribution in [0.4, 0.5) is 9.18 Å². The number of rotatable bonds is 2. The van der Waals surface area contributed by atoms with Gasteiger partial charge in [0.25, 0.3) is 0 Å². The van der Waals surface area contributed by atoms with Gasteiger partial charge >= 0.3 is 6.09 Å². The highest BCUT2D eigenvalue weighted by Crippen LogP contribution is 2.05. The van der Waals surface area contributed by atoms with E-state index < -0.39 is 11.7 Å². The Morgan fingerprint density at radius 2 is 1.85 bits per heavy atom. The van der Waals surface area contributed by atoms with Gasteiger partial charge in [0.05, 0.1) is 0 Å². The van der Waals surface area contributed by atoms with E-state index in [9.17, 15) is 9.18 Å². The first-order chi connectivity index (χ1) is 9.26. The molecule has 0 fully saturated rings. The van der Waals surface area contributed by atoms with Gasteiger partial charge in [0.15, 0.2) is 5.11 Å². The first kappa shape index (κ1) is 16.2. The summed E-state index contributed by atoms with van der Waals surface area (Å²) < 4.78 is 17.7. The van der Waals surface area contributed by atoms with Gasteiger partial charge in [0.1, 0.15) is 11.4 Å². The lowest BCUT2D eigenvalue weighted by Crippen LogP contribution is -2.48. The summed E-state index contributed by atoms with van der Waals surface area (Å²) in [5.74, 6) is -0.291. The number of amides is 1. The van der Waals surface area contributed by atoms with Crippen LogP contribution in [-0.4, -0.2) is 16.8 Å². The van der Waals surface area contributed by atoms with Crippen LogP contribution >= 0.6 is 12.2 Å². The highest BCUT2D eigenvalue weighted by molar-refractivity contribution is 7.80. The van der Waals surface area contributed by atoms with E-state index in [2.05, 4.69) is 16.2 Å². The maximum absolute atomic E-state index is 12.7. The number of thiocarbonyl (C=S) groups is 1. The number of nitrogens with one attached hydrogen (secondary N) is 3. The van der Waals surface area contributed by atoms with E-state index in [-0.39, 0.29) is 10.9 Å². The summed E-state index contributed by atoms with van der Waals surface area (Å²) in [6.45, 7) is 5.70. The van der Waals surface area contributed by atoms with Gasteiger partial charge < -0.3 is 10.1 Å². The molecule has 0 heterocycles. The number of ether oxygens (including phenoxy) is 1. The van der Waals surface area contributed by atoms with Crippen LogP contribution in [0, 0.1) is 5.82 Å². The van der Waals surface area contributed by atoms with Crippen LogP contribution < -0.4 is 16.2 Å². The van der Waals surface area contributed by atoms with E-state index in [0.717, 1.165) is 5.56 Å². The molecule has 0 aliphatic rings. The Hall–Kier alpha value is -1.89. The van der Waals surface area contributed by atoms with Gasteiger partial charge in [-0.25, -0.2) is 14.6 Å². The fourth-order valence-corrected chi connectivity index (χ4v) is 1.36. The molecule has 3 N–H and O–H groups in total. The van der Waals surface area contributed by atoms with Crippen molar-refractivity contribution in [2.24, 2.45) is 0 Å². The van der Waals surface area contributed by atoms with Gasteiger partial charge in [0.2, 0.25) is 0 Å². The molecule has 0 bridgehead atoms. The summed E-state index contributed by atoms with van der Waals surface area (Å²) in [7, 11) is 0. The SMILES string of the molecule is CC(C)(C)OC(=O)NNC(=S)NCc1ccc(F)cc1. The first-order valence-corrected chi connectivity index (χ1v) is 6.44. The molecule has 0 saturated carbocycles. The number of hydrogen-bond acceptors (Lipinski definition) is 3. The van der Waals surface area contributed by atoms with E-state index in [0.29, 0.717) is 6.54 Å². The highest BCUT2D eigenvalue weighted by atomic mass is 32.1. The van der Waals surface area contributed by atoms with Crippen LogP contribution in [0.5, 0.6) is 0 Å². The smallest absolute Gasteiger partial charge is 0.426 e. The molecule has 0 saturated heterocycles. The predicted octanol–water partition coefficient (Wildman–Crippen LogP) is 2.23. The molecule has 1 amide bonds. The molecule has 0 spiro atoms. The zero-order valence-electron chi connectivity index (χ0n) is 11.6. The molecule has 5 nitrogen and oxygen atoms in total. The molecule has 0 aliphatic carbocycles. The molecular weight excluding hydrogens is 281 g/mol. The van der Waals surface area contributed by atoms with Crippen molar-refractivity contribution in [1.82, 2.24) is 16.2 Å². The molecule has 110 valence electrons. The molecule has 0 unspecified atom stereocenters. The lowest BCUT2D eigenvalue weighted by atomic mass is 10.2. The molecule has 1 rings (SSSR count). The van der Waals surface area contributed by atoms with Crippen LogP contribution in [-0.2, 0) is 11.3 Å². The Balaban J connectivity index is 2.27. The van der Waals surface area contributed by atoms with Gasteiger partial charge in [-0.05, 0) is 50.7 Å². The second-order valence-corrected chi connectivity index (χ2v) is 5.47. The average molecular weight is 299 g/mol. The van der Waals surface area contributed by atoms with E-state index in [1.807, 2.05) is 0 Å². The summed E-state index contributed by atoms with van der Waals surface area (Å²) in [6.07, 6.45) is -0.622. The van der Waals surface area contributed by atoms with Gasteiger partial charge in [0, 0.05) is 6.54 Å². The Bertz CT molecular complexity index is 471. The monoisotopic (exact) mass is 299 g/mol. The van der Waals surface area contributed by atoms with Crippen LogP contribution in [0.1, 0.15) is 26.3 Å². The van der Waals surface area contributed by atoms with Gasteiger partial charge in [-0.3, -0.25) is 5.43 Å². The van der Waals surface area contributed by atoms with Crippen LogP contribution in [0.15, 0.2) is 24.3 Å². The maximum atomic E-state index is 12.7. The second kappa shape index (κ2) is 7.04. The van der Waals surface area contributed by atoms with Crippen molar-refractivity contribution in [3.8, 4) is 0 Å². The Morgan fingerprint density at radius 1 is 1.25 bits per heavy atom. The average Bonchev–Trinajstić information content (AvgIpc) is 2.33. The quantitative estimate of drug-likeness (QED) is 0.577. The van der Waals surface area contributed by atoms with Crippen molar-refractivity contribution in [3.63, 3.8) is 0 Å². The van der Waals surface area contributed by atoms with E-state index in [1.54, 1.807) is 32.9 Å². The molecular formula is C13H18FN3O2S. The summed E-state index contributed by atoms with van der Waals surface area (Å²) >= 11 is 4.97. The van der Waals surface area contributed by atoms with Crippen LogP contribution in [0.2, 0.25) is 0 Å². The summed E-state index contributed by atoms with van der Waals surface area (Å²) in [5.41, 5.74) is 5.11. The highest BCUT2D eigenvalue weighted by Gasteiger charge is 2.15. The van der Waals surface area contributed by atoms with Crippen molar-refractivity contribution in [2.45, 2.75) is 32.9 Å². The van der Waals surface area contributed by atoms with Gasteiger partial charge in [-0.1, -0.05) is 12.1 Å². The fourth-order valence-electron chi connectivity index (χ4n) is 1.24. The number of hydrazine groups is 1. The van der Waals surface area contributed by atoms with E-state index in [1.165, 1.54) is 12.1 Å². The molecule has 20 heavy (non-hydrogen) atoms. The van der Waals surface area contributed by atoms with E-state index >= 15 is 0 Å². The Morgan fingerprint density at radius 3 is 2.40 bits per heavy atom. The molecule has 1 aromatic carbocycles. The number of hydrogen-bond donors (Lipinski definition) is 3. The minimum absolute atomic E-state index is 0.236. The van der Waals surface area contributed by atoms with Crippen LogP contribution in [0.3, 0.4) is 0 Å². The predicted molar refractivity (Wildman–Crippen MR) is 78.3 cm³/mol. The summed E-state index contributed by atoms with van der Waals surface area (Å²) in [6, 6.07) is 6.03. The molecule has 0 aliphatic heterocycles. The lowest BCUT2D eigenvalue weighted by molar-refractivity contribution is 0.0513. The standard InChI is InChI=1S/C13H18FN3O2S/c1-13(2,3)19-12(18)17-16-11(20)15-8-9-4-6-10(14)7-5-9/h4-7H,8H2,1-3H3,(H,17,18)(H2,15,16,20). The zero-order valence-corrected chi connectivity index (χ0v) is 12.4. The fraction of sp³-hybridized carbons (Fsp3) is 0.385. The summed E-state index contributed by atoms with van der Waals surface area (Å²) in [4.78, 5) is 11.3. The van der Waals surface area contributed by atoms with Crippen molar-refractivity contribution >= 4 is 23.4 Å². The van der Waals surface area contributed by atoms with Crippen molar-refractivity contribution in [2.75, 3.05) is 0 Å². The first-order valence-electron chi connectivity index (χ1n) is 6.03. The molecule has 0 aromatic heterocycles. The van der Waals surface area contributed by atoms with Crippen molar-refractivity contribution in [1.29, 1.82) is 0 Å². The number of benzene rings is 1. The molecule has 0 atom stereocenters. The Labute approximate surface area is 122 Å². The maximum Gasteiger partial charge on any atom is 0.426 e. The van der Waals surface area contributed by atoms with E-state index in [4.69, 9.17) is 17.0 Å². The number of halogens is 1. The Kier molecular flexibility index (Phi) is 5.69. The van der Waals surface area contributed by atoms with Crippen molar-refractivity contribution < 1.29 is 13.9 Å². The lowest BCUT2D eigenvalue weighted by Gasteiger charge is -2.20. The number of carbonyl (C=O) groups excluding carboxylic acids is 1. The molecule has 7 heteroatoms. The topological polar surface area (TPSA) is 62.4 Å². The summed E-state index contributed by atoms with van der Waals surface area (Å²) in [5, 5.41) is 3.10. The third kappa shape index (κ3) is 6.89. The van der Waals surface area contributed by atoms with Gasteiger partial charge in [-0.2, -0.15) is 0 Å².